The van der Waals surface area contributed by atoms with Crippen LogP contribution in [0, 0.1) is 0 Å². The number of fused-ring (bicyclic) bond motifs is 5. The maximum absolute atomic E-state index is 5.24. The van der Waals surface area contributed by atoms with Crippen molar-refractivity contribution < 1.29 is 0 Å². The summed E-state index contributed by atoms with van der Waals surface area (Å²) in [5.74, 6) is 0.695. The third kappa shape index (κ3) is 5.32. The van der Waals surface area contributed by atoms with Crippen LogP contribution in [0.3, 0.4) is 0 Å². The Bertz CT molecular complexity index is 3080. The Morgan fingerprint density at radius 3 is 1.74 bits per heavy atom. The minimum atomic E-state index is -0.429. The Hall–Kier alpha value is -7.49. The first-order chi connectivity index (χ1) is 28.3. The van der Waals surface area contributed by atoms with Crippen molar-refractivity contribution in [1.82, 2.24) is 15.0 Å². The molecule has 2 heterocycles. The van der Waals surface area contributed by atoms with E-state index in [1.807, 2.05) is 36.7 Å². The van der Waals surface area contributed by atoms with Gasteiger partial charge in [0.2, 0.25) is 0 Å². The summed E-state index contributed by atoms with van der Waals surface area (Å²) in [6.07, 6.45) is 3.74. The van der Waals surface area contributed by atoms with E-state index in [1.54, 1.807) is 0 Å². The Labute approximate surface area is 331 Å². The average Bonchev–Trinajstić information content (AvgIpc) is 3.59. The fourth-order valence-electron chi connectivity index (χ4n) is 9.08. The van der Waals surface area contributed by atoms with Crippen LogP contribution < -0.4 is 0 Å². The van der Waals surface area contributed by atoms with Crippen LogP contribution in [0.15, 0.2) is 213 Å². The van der Waals surface area contributed by atoms with E-state index in [2.05, 4.69) is 181 Å². The van der Waals surface area contributed by atoms with Gasteiger partial charge in [0.1, 0.15) is 0 Å². The second-order valence-corrected chi connectivity index (χ2v) is 14.8. The fourth-order valence-corrected chi connectivity index (χ4v) is 9.08. The zero-order chi connectivity index (χ0) is 37.8. The normalized spacial score (nSPS) is 12.7. The van der Waals surface area contributed by atoms with E-state index in [-0.39, 0.29) is 0 Å². The molecule has 0 amide bonds. The first-order valence-corrected chi connectivity index (χ1v) is 19.4. The Morgan fingerprint density at radius 2 is 0.965 bits per heavy atom. The molecule has 8 aromatic carbocycles. The summed E-state index contributed by atoms with van der Waals surface area (Å²) >= 11 is 0. The lowest BCUT2D eigenvalue weighted by Crippen LogP contribution is -2.28. The smallest absolute Gasteiger partial charge is 0.160 e. The topological polar surface area (TPSA) is 38.7 Å². The highest BCUT2D eigenvalue weighted by Gasteiger charge is 2.46. The summed E-state index contributed by atoms with van der Waals surface area (Å²) in [4.78, 5) is 14.7. The van der Waals surface area contributed by atoms with E-state index in [0.717, 1.165) is 44.2 Å². The molecule has 0 saturated heterocycles. The zero-order valence-electron chi connectivity index (χ0n) is 31.0. The Balaban J connectivity index is 1.09. The number of aromatic nitrogens is 3. The van der Waals surface area contributed by atoms with Gasteiger partial charge in [0.15, 0.2) is 5.82 Å². The zero-order valence-corrected chi connectivity index (χ0v) is 31.0. The lowest BCUT2D eigenvalue weighted by Gasteiger charge is -2.33. The summed E-state index contributed by atoms with van der Waals surface area (Å²) in [5.41, 5.74) is 14.4. The lowest BCUT2D eigenvalue weighted by molar-refractivity contribution is 0.768. The van der Waals surface area contributed by atoms with Crippen LogP contribution in [-0.4, -0.2) is 15.0 Å². The first kappa shape index (κ1) is 32.9. The van der Waals surface area contributed by atoms with Crippen LogP contribution >= 0.6 is 0 Å². The molecule has 3 heteroatoms. The fraction of sp³-hybridized carbons (Fsp3) is 0.0185. The maximum atomic E-state index is 5.24. The largest absolute Gasteiger partial charge is 0.264 e. The van der Waals surface area contributed by atoms with Crippen LogP contribution in [0.1, 0.15) is 22.3 Å². The van der Waals surface area contributed by atoms with E-state index in [4.69, 9.17) is 9.97 Å². The van der Waals surface area contributed by atoms with Crippen molar-refractivity contribution in [2.24, 2.45) is 0 Å². The second-order valence-electron chi connectivity index (χ2n) is 14.8. The molecular weight excluding hydrogens is 691 g/mol. The average molecular weight is 726 g/mol. The molecule has 11 rings (SSSR count). The molecule has 0 atom stereocenters. The summed E-state index contributed by atoms with van der Waals surface area (Å²) in [6, 6.07) is 72.1. The van der Waals surface area contributed by atoms with Crippen LogP contribution in [0.5, 0.6) is 0 Å². The third-order valence-corrected chi connectivity index (χ3v) is 11.7. The van der Waals surface area contributed by atoms with E-state index in [0.29, 0.717) is 5.82 Å². The first-order valence-electron chi connectivity index (χ1n) is 19.4. The number of hydrogen-bond acceptors (Lipinski definition) is 3. The molecule has 3 nitrogen and oxygen atoms in total. The molecule has 2 aromatic heterocycles. The van der Waals surface area contributed by atoms with E-state index < -0.39 is 5.41 Å². The number of pyridine rings is 1. The van der Waals surface area contributed by atoms with Crippen LogP contribution in [0.2, 0.25) is 0 Å². The maximum Gasteiger partial charge on any atom is 0.160 e. The van der Waals surface area contributed by atoms with Crippen molar-refractivity contribution in [3.63, 3.8) is 0 Å². The van der Waals surface area contributed by atoms with Crippen molar-refractivity contribution in [2.75, 3.05) is 0 Å². The van der Waals surface area contributed by atoms with E-state index in [1.165, 1.54) is 49.9 Å². The predicted molar refractivity (Wildman–Crippen MR) is 234 cm³/mol. The summed E-state index contributed by atoms with van der Waals surface area (Å²) in [5, 5.41) is 4.55. The van der Waals surface area contributed by atoms with Gasteiger partial charge in [-0.1, -0.05) is 176 Å². The third-order valence-electron chi connectivity index (χ3n) is 11.7. The molecule has 0 unspecified atom stereocenters. The summed E-state index contributed by atoms with van der Waals surface area (Å²) < 4.78 is 0. The molecule has 1 aliphatic rings. The lowest BCUT2D eigenvalue weighted by atomic mass is 9.67. The molecule has 1 aliphatic carbocycles. The molecule has 266 valence electrons. The van der Waals surface area contributed by atoms with Crippen LogP contribution in [0.25, 0.3) is 77.7 Å². The molecule has 0 saturated carbocycles. The van der Waals surface area contributed by atoms with Gasteiger partial charge in [0.05, 0.1) is 16.8 Å². The molecule has 0 radical (unpaired) electrons. The molecular formula is C54H35N3. The number of rotatable bonds is 6. The van der Waals surface area contributed by atoms with Crippen molar-refractivity contribution in [3.8, 4) is 56.2 Å². The summed E-state index contributed by atoms with van der Waals surface area (Å²) in [7, 11) is 0. The Morgan fingerprint density at radius 1 is 0.351 bits per heavy atom. The molecule has 0 aliphatic heterocycles. The van der Waals surface area contributed by atoms with Gasteiger partial charge in [0, 0.05) is 34.5 Å². The van der Waals surface area contributed by atoms with Gasteiger partial charge < -0.3 is 0 Å². The van der Waals surface area contributed by atoms with Gasteiger partial charge in [0.25, 0.3) is 0 Å². The van der Waals surface area contributed by atoms with Gasteiger partial charge in [-0.25, -0.2) is 9.97 Å². The quantitative estimate of drug-likeness (QED) is 0.171. The van der Waals surface area contributed by atoms with E-state index >= 15 is 0 Å². The highest BCUT2D eigenvalue weighted by atomic mass is 14.9. The van der Waals surface area contributed by atoms with Gasteiger partial charge in [-0.2, -0.15) is 0 Å². The second kappa shape index (κ2) is 13.4. The van der Waals surface area contributed by atoms with Crippen molar-refractivity contribution in [2.45, 2.75) is 5.41 Å². The van der Waals surface area contributed by atoms with Crippen molar-refractivity contribution in [1.29, 1.82) is 0 Å². The molecule has 57 heavy (non-hydrogen) atoms. The Kier molecular flexibility index (Phi) is 7.71. The predicted octanol–water partition coefficient (Wildman–Crippen LogP) is 13.2. The molecule has 0 N–H and O–H groups in total. The van der Waals surface area contributed by atoms with Crippen LogP contribution in [0.4, 0.5) is 0 Å². The molecule has 0 bridgehead atoms. The van der Waals surface area contributed by atoms with Gasteiger partial charge in [-0.3, -0.25) is 4.98 Å². The minimum absolute atomic E-state index is 0.429. The van der Waals surface area contributed by atoms with Crippen LogP contribution in [-0.2, 0) is 5.41 Å². The highest BCUT2D eigenvalue weighted by Crippen LogP contribution is 2.56. The highest BCUT2D eigenvalue weighted by molar-refractivity contribution is 6.05. The number of benzene rings is 8. The summed E-state index contributed by atoms with van der Waals surface area (Å²) in [6.45, 7) is 0. The molecule has 10 aromatic rings. The molecule has 0 spiro atoms. The van der Waals surface area contributed by atoms with Gasteiger partial charge in [-0.15, -0.1) is 0 Å². The van der Waals surface area contributed by atoms with Gasteiger partial charge in [-0.05, 0) is 84.9 Å². The van der Waals surface area contributed by atoms with Gasteiger partial charge >= 0.3 is 0 Å². The standard InChI is InChI=1S/C54H35N3/c1-4-14-37(15-5-1)53-56-51(39-25-24-36-30-31-55-35-40(36)32-39)34-52(57-53)47-28-27-43(44-20-10-11-21-45(44)47)38-26-29-50-48(33-38)46-22-12-13-23-49(46)54(50,41-16-6-2-7-17-41)42-18-8-3-9-19-42/h1-35H. The number of hydrogen-bond donors (Lipinski definition) is 0. The monoisotopic (exact) mass is 725 g/mol. The SMILES string of the molecule is c1ccc(-c2nc(-c3ccc4ccncc4c3)cc(-c3ccc(-c4ccc5c(c4)-c4ccccc4C5(c4ccccc4)c4ccccc4)c4ccccc34)n2)cc1. The molecule has 0 fully saturated rings. The minimum Gasteiger partial charge on any atom is -0.264 e. The van der Waals surface area contributed by atoms with Crippen molar-refractivity contribution in [3.05, 3.63) is 235 Å². The van der Waals surface area contributed by atoms with E-state index in [9.17, 15) is 0 Å². The van der Waals surface area contributed by atoms with Crippen molar-refractivity contribution >= 4 is 21.5 Å². The number of nitrogens with zero attached hydrogens (tertiary/aromatic N) is 3.